The maximum atomic E-state index is 9.93. The lowest BCUT2D eigenvalue weighted by atomic mass is 10.2. The SMILES string of the molecule is C=c1c(/C=C/N=O)c[nH]/c1=C/C(Br)=C\C. The van der Waals surface area contributed by atoms with Gasteiger partial charge < -0.3 is 4.98 Å². The van der Waals surface area contributed by atoms with Crippen molar-refractivity contribution < 1.29 is 0 Å². The number of halogens is 1. The monoisotopic (exact) mass is 266 g/mol. The van der Waals surface area contributed by atoms with Crippen molar-refractivity contribution in [3.05, 3.63) is 44.0 Å². The van der Waals surface area contributed by atoms with Crippen molar-refractivity contribution >= 4 is 34.7 Å². The van der Waals surface area contributed by atoms with Crippen molar-refractivity contribution in [3.63, 3.8) is 0 Å². The van der Waals surface area contributed by atoms with E-state index >= 15 is 0 Å². The van der Waals surface area contributed by atoms with E-state index in [9.17, 15) is 4.91 Å². The maximum absolute atomic E-state index is 9.93. The fraction of sp³-hybridized carbons (Fsp3) is 0.0909. The average molecular weight is 267 g/mol. The first-order valence-electron chi connectivity index (χ1n) is 4.38. The first kappa shape index (κ1) is 11.7. The smallest absolute Gasteiger partial charge is 0.0721 e. The summed E-state index contributed by atoms with van der Waals surface area (Å²) in [6.07, 6.45) is 8.46. The second-order valence-electron chi connectivity index (χ2n) is 2.88. The molecule has 78 valence electrons. The fourth-order valence-electron chi connectivity index (χ4n) is 1.09. The van der Waals surface area contributed by atoms with Crippen LogP contribution in [0.3, 0.4) is 0 Å². The molecule has 0 aliphatic carbocycles. The van der Waals surface area contributed by atoms with Crippen LogP contribution >= 0.6 is 15.9 Å². The summed E-state index contributed by atoms with van der Waals surface area (Å²) in [5.41, 5.74) is 0.859. The minimum atomic E-state index is 0.841. The van der Waals surface area contributed by atoms with Crippen LogP contribution < -0.4 is 10.6 Å². The van der Waals surface area contributed by atoms with E-state index in [1.54, 1.807) is 12.3 Å². The van der Waals surface area contributed by atoms with E-state index in [4.69, 9.17) is 0 Å². The molecule has 0 aromatic carbocycles. The lowest BCUT2D eigenvalue weighted by molar-refractivity contribution is 1.32. The van der Waals surface area contributed by atoms with E-state index in [2.05, 4.69) is 32.7 Å². The summed E-state index contributed by atoms with van der Waals surface area (Å²) in [6, 6.07) is 0. The van der Waals surface area contributed by atoms with Crippen LogP contribution in [0.2, 0.25) is 0 Å². The number of allylic oxidation sites excluding steroid dienone is 2. The topological polar surface area (TPSA) is 45.2 Å². The summed E-state index contributed by atoms with van der Waals surface area (Å²) in [6.45, 7) is 5.85. The largest absolute Gasteiger partial charge is 0.361 e. The molecular formula is C11H11BrN2O. The van der Waals surface area contributed by atoms with E-state index in [1.807, 2.05) is 19.1 Å². The van der Waals surface area contributed by atoms with Crippen molar-refractivity contribution in [1.29, 1.82) is 0 Å². The summed E-state index contributed by atoms with van der Waals surface area (Å²) < 4.78 is 0.971. The summed E-state index contributed by atoms with van der Waals surface area (Å²) in [5, 5.41) is 4.40. The molecule has 4 heteroatoms. The van der Waals surface area contributed by atoms with E-state index in [0.29, 0.717) is 0 Å². The molecule has 1 N–H and O–H groups in total. The number of aromatic amines is 1. The second-order valence-corrected chi connectivity index (χ2v) is 3.79. The minimum Gasteiger partial charge on any atom is -0.361 e. The van der Waals surface area contributed by atoms with Crippen LogP contribution in [0.1, 0.15) is 12.5 Å². The van der Waals surface area contributed by atoms with Crippen LogP contribution in [0.15, 0.2) is 28.1 Å². The Morgan fingerprint density at radius 2 is 2.40 bits per heavy atom. The van der Waals surface area contributed by atoms with Gasteiger partial charge in [-0.05, 0) is 29.5 Å². The van der Waals surface area contributed by atoms with Gasteiger partial charge in [0.05, 0.1) is 6.20 Å². The molecule has 0 bridgehead atoms. The van der Waals surface area contributed by atoms with Crippen molar-refractivity contribution in [2.45, 2.75) is 6.92 Å². The van der Waals surface area contributed by atoms with Gasteiger partial charge in [-0.2, -0.15) is 0 Å². The van der Waals surface area contributed by atoms with Gasteiger partial charge in [-0.25, -0.2) is 0 Å². The molecule has 0 saturated heterocycles. The van der Waals surface area contributed by atoms with Gasteiger partial charge in [0.25, 0.3) is 0 Å². The van der Waals surface area contributed by atoms with E-state index in [0.717, 1.165) is 20.6 Å². The third-order valence-corrected chi connectivity index (χ3v) is 2.62. The van der Waals surface area contributed by atoms with Crippen LogP contribution in [0.5, 0.6) is 0 Å². The Labute approximate surface area is 96.0 Å². The van der Waals surface area contributed by atoms with Crippen molar-refractivity contribution in [2.75, 3.05) is 0 Å². The van der Waals surface area contributed by atoms with Crippen LogP contribution in [0.4, 0.5) is 0 Å². The highest BCUT2D eigenvalue weighted by Gasteiger charge is 1.93. The number of nitrogens with one attached hydrogen (secondary N) is 1. The third-order valence-electron chi connectivity index (χ3n) is 1.93. The zero-order valence-corrected chi connectivity index (χ0v) is 9.91. The quantitative estimate of drug-likeness (QED) is 0.839. The van der Waals surface area contributed by atoms with E-state index in [-0.39, 0.29) is 0 Å². The number of H-pyrrole nitrogens is 1. The molecule has 1 aromatic heterocycles. The first-order chi connectivity index (χ1) is 7.19. The maximum Gasteiger partial charge on any atom is 0.0721 e. The minimum absolute atomic E-state index is 0.841. The Bertz CT molecular complexity index is 511. The number of aromatic nitrogens is 1. The Morgan fingerprint density at radius 3 is 3.00 bits per heavy atom. The molecule has 0 fully saturated rings. The molecule has 0 atom stereocenters. The van der Waals surface area contributed by atoms with Gasteiger partial charge >= 0.3 is 0 Å². The molecule has 0 radical (unpaired) electrons. The van der Waals surface area contributed by atoms with Crippen molar-refractivity contribution in [3.8, 4) is 0 Å². The summed E-state index contributed by atoms with van der Waals surface area (Å²) >= 11 is 3.38. The van der Waals surface area contributed by atoms with Gasteiger partial charge in [-0.15, -0.1) is 4.91 Å². The van der Waals surface area contributed by atoms with Gasteiger partial charge in [0, 0.05) is 21.6 Å². The number of rotatable bonds is 3. The lowest BCUT2D eigenvalue weighted by Crippen LogP contribution is -2.22. The number of nitroso groups, excluding NO2 is 1. The molecule has 0 aliphatic heterocycles. The normalized spacial score (nSPS) is 13.7. The Hall–Kier alpha value is -1.42. The molecule has 1 heterocycles. The molecule has 0 amide bonds. The van der Waals surface area contributed by atoms with Gasteiger partial charge in [-0.1, -0.05) is 28.6 Å². The van der Waals surface area contributed by atoms with E-state index < -0.39 is 0 Å². The number of hydrogen-bond donors (Lipinski definition) is 1. The average Bonchev–Trinajstić information content (AvgIpc) is 2.57. The summed E-state index contributed by atoms with van der Waals surface area (Å²) in [7, 11) is 0. The molecule has 1 aromatic rings. The number of nitrogens with zero attached hydrogens (tertiary/aromatic N) is 1. The molecule has 3 nitrogen and oxygen atoms in total. The Balaban J connectivity index is 3.21. The second kappa shape index (κ2) is 5.46. The first-order valence-corrected chi connectivity index (χ1v) is 5.17. The Kier molecular flexibility index (Phi) is 4.24. The van der Waals surface area contributed by atoms with Gasteiger partial charge in [-0.3, -0.25) is 0 Å². The van der Waals surface area contributed by atoms with Crippen molar-refractivity contribution in [2.24, 2.45) is 5.18 Å². The standard InChI is InChI=1S/C11H11BrN2O/c1-3-10(12)6-11-8(2)9(7-13-11)4-5-14-15/h3-7,13H,2H2,1H3/b5-4+,10-3+,11-6+. The van der Waals surface area contributed by atoms with Crippen LogP contribution in [0.25, 0.3) is 18.7 Å². The van der Waals surface area contributed by atoms with Crippen LogP contribution in [-0.4, -0.2) is 4.98 Å². The predicted molar refractivity (Wildman–Crippen MR) is 67.5 cm³/mol. The number of hydrogen-bond acceptors (Lipinski definition) is 2. The molecule has 15 heavy (non-hydrogen) atoms. The third kappa shape index (κ3) is 3.02. The molecule has 0 unspecified atom stereocenters. The molecule has 1 rings (SSSR count). The summed E-state index contributed by atoms with van der Waals surface area (Å²) in [5.74, 6) is 0. The van der Waals surface area contributed by atoms with Crippen molar-refractivity contribution in [1.82, 2.24) is 4.98 Å². The predicted octanol–water partition coefficient (Wildman–Crippen LogP) is 2.24. The molecule has 0 saturated carbocycles. The zero-order chi connectivity index (χ0) is 11.3. The highest BCUT2D eigenvalue weighted by Crippen LogP contribution is 2.04. The van der Waals surface area contributed by atoms with Crippen LogP contribution in [0, 0.1) is 4.91 Å². The zero-order valence-electron chi connectivity index (χ0n) is 8.33. The highest BCUT2D eigenvalue weighted by molar-refractivity contribution is 9.12. The molecule has 0 spiro atoms. The molecular weight excluding hydrogens is 256 g/mol. The van der Waals surface area contributed by atoms with Gasteiger partial charge in [0.15, 0.2) is 0 Å². The fourth-order valence-corrected chi connectivity index (χ4v) is 1.32. The highest BCUT2D eigenvalue weighted by atomic mass is 79.9. The summed E-state index contributed by atoms with van der Waals surface area (Å²) in [4.78, 5) is 13.0. The van der Waals surface area contributed by atoms with Crippen LogP contribution in [-0.2, 0) is 0 Å². The Morgan fingerprint density at radius 1 is 1.67 bits per heavy atom. The lowest BCUT2D eigenvalue weighted by Gasteiger charge is -1.84. The molecule has 0 aliphatic rings. The van der Waals surface area contributed by atoms with Gasteiger partial charge in [0.1, 0.15) is 0 Å². The van der Waals surface area contributed by atoms with Gasteiger partial charge in [0.2, 0.25) is 0 Å². The van der Waals surface area contributed by atoms with E-state index in [1.165, 1.54) is 6.20 Å².